The Kier molecular flexibility index (Phi) is 4.84. The molecule has 1 saturated heterocycles. The molecule has 0 bridgehead atoms. The molecular weight excluding hydrogens is 258 g/mol. The van der Waals surface area contributed by atoms with Gasteiger partial charge in [0.25, 0.3) is 5.91 Å². The van der Waals surface area contributed by atoms with Crippen LogP contribution in [-0.4, -0.2) is 38.9 Å². The summed E-state index contributed by atoms with van der Waals surface area (Å²) in [5, 5.41) is 2.97. The highest BCUT2D eigenvalue weighted by molar-refractivity contribution is 5.97. The van der Waals surface area contributed by atoms with E-state index in [2.05, 4.69) is 5.32 Å². The van der Waals surface area contributed by atoms with Gasteiger partial charge in [-0.15, -0.1) is 0 Å². The van der Waals surface area contributed by atoms with Gasteiger partial charge in [0.15, 0.2) is 0 Å². The number of ether oxygens (including phenoxy) is 3. The lowest BCUT2D eigenvalue weighted by Crippen LogP contribution is -2.40. The van der Waals surface area contributed by atoms with Crippen molar-refractivity contribution in [3.63, 3.8) is 0 Å². The van der Waals surface area contributed by atoms with Gasteiger partial charge in [0.05, 0.1) is 31.9 Å². The van der Waals surface area contributed by atoms with Crippen LogP contribution in [0.5, 0.6) is 11.5 Å². The molecule has 1 amide bonds. The molecular formula is C15H21NO4. The zero-order valence-corrected chi connectivity index (χ0v) is 12.1. The van der Waals surface area contributed by atoms with Crippen LogP contribution < -0.4 is 14.8 Å². The Morgan fingerprint density at radius 2 is 2.20 bits per heavy atom. The molecule has 2 atom stereocenters. The monoisotopic (exact) mass is 279 g/mol. The van der Waals surface area contributed by atoms with Gasteiger partial charge >= 0.3 is 0 Å². The molecule has 0 radical (unpaired) electrons. The maximum atomic E-state index is 12.3. The standard InChI is InChI=1S/C15H21NO4/c1-10(13-5-4-8-20-13)16-15(17)12-7-6-11(18-2)9-14(12)19-3/h6-7,9-10,13H,4-5,8H2,1-3H3,(H,16,17)/t10-,13-/m1/s1. The summed E-state index contributed by atoms with van der Waals surface area (Å²) in [6, 6.07) is 5.13. The zero-order chi connectivity index (χ0) is 14.5. The molecule has 5 heteroatoms. The average molecular weight is 279 g/mol. The second kappa shape index (κ2) is 6.61. The molecule has 1 aromatic carbocycles. The van der Waals surface area contributed by atoms with Crippen LogP contribution in [0.4, 0.5) is 0 Å². The van der Waals surface area contributed by atoms with Gasteiger partial charge < -0.3 is 19.5 Å². The molecule has 1 N–H and O–H groups in total. The van der Waals surface area contributed by atoms with Gasteiger partial charge in [-0.2, -0.15) is 0 Å². The Morgan fingerprint density at radius 1 is 1.40 bits per heavy atom. The Balaban J connectivity index is 2.08. The van der Waals surface area contributed by atoms with Crippen LogP contribution in [0.3, 0.4) is 0 Å². The predicted molar refractivity (Wildman–Crippen MR) is 75.4 cm³/mol. The van der Waals surface area contributed by atoms with Crippen molar-refractivity contribution in [3.8, 4) is 11.5 Å². The van der Waals surface area contributed by atoms with E-state index in [0.717, 1.165) is 19.4 Å². The molecule has 1 heterocycles. The lowest BCUT2D eigenvalue weighted by molar-refractivity contribution is 0.0710. The van der Waals surface area contributed by atoms with E-state index < -0.39 is 0 Å². The van der Waals surface area contributed by atoms with Crippen molar-refractivity contribution in [3.05, 3.63) is 23.8 Å². The number of nitrogens with one attached hydrogen (secondary N) is 1. The van der Waals surface area contributed by atoms with Gasteiger partial charge in [0.2, 0.25) is 0 Å². The zero-order valence-electron chi connectivity index (χ0n) is 12.1. The first-order valence-corrected chi connectivity index (χ1v) is 6.80. The Labute approximate surface area is 119 Å². The van der Waals surface area contributed by atoms with Crippen LogP contribution in [0.2, 0.25) is 0 Å². The number of rotatable bonds is 5. The van der Waals surface area contributed by atoms with E-state index in [1.165, 1.54) is 7.11 Å². The molecule has 110 valence electrons. The number of methoxy groups -OCH3 is 2. The summed E-state index contributed by atoms with van der Waals surface area (Å²) in [7, 11) is 3.11. The first-order chi connectivity index (χ1) is 9.65. The van der Waals surface area contributed by atoms with Crippen molar-refractivity contribution in [2.75, 3.05) is 20.8 Å². The molecule has 1 aromatic rings. The van der Waals surface area contributed by atoms with E-state index in [9.17, 15) is 4.79 Å². The number of hydrogen-bond acceptors (Lipinski definition) is 4. The lowest BCUT2D eigenvalue weighted by Gasteiger charge is -2.20. The third-order valence-corrected chi connectivity index (χ3v) is 3.53. The number of carbonyl (C=O) groups is 1. The van der Waals surface area contributed by atoms with E-state index in [4.69, 9.17) is 14.2 Å². The Bertz CT molecular complexity index is 469. The SMILES string of the molecule is COc1ccc(C(=O)N[C@H](C)[C@H]2CCCO2)c(OC)c1. The second-order valence-electron chi connectivity index (χ2n) is 4.88. The highest BCUT2D eigenvalue weighted by Gasteiger charge is 2.25. The van der Waals surface area contributed by atoms with Gasteiger partial charge in [0.1, 0.15) is 11.5 Å². The summed E-state index contributed by atoms with van der Waals surface area (Å²) in [5.74, 6) is 1.000. The van der Waals surface area contributed by atoms with Crippen molar-refractivity contribution in [1.29, 1.82) is 0 Å². The van der Waals surface area contributed by atoms with Crippen LogP contribution in [-0.2, 0) is 4.74 Å². The molecule has 0 aromatic heterocycles. The molecule has 0 unspecified atom stereocenters. The molecule has 0 spiro atoms. The fraction of sp³-hybridized carbons (Fsp3) is 0.533. The number of hydrogen-bond donors (Lipinski definition) is 1. The minimum absolute atomic E-state index is 0.0168. The Hall–Kier alpha value is -1.75. The number of amides is 1. The first kappa shape index (κ1) is 14.7. The molecule has 2 rings (SSSR count). The van der Waals surface area contributed by atoms with E-state index in [1.54, 1.807) is 25.3 Å². The van der Waals surface area contributed by atoms with Crippen LogP contribution >= 0.6 is 0 Å². The maximum Gasteiger partial charge on any atom is 0.255 e. The summed E-state index contributed by atoms with van der Waals surface area (Å²) in [6.45, 7) is 2.74. The third-order valence-electron chi connectivity index (χ3n) is 3.53. The van der Waals surface area contributed by atoms with Crippen LogP contribution in [0.25, 0.3) is 0 Å². The molecule has 1 fully saturated rings. The highest BCUT2D eigenvalue weighted by Crippen LogP contribution is 2.25. The predicted octanol–water partition coefficient (Wildman–Crippen LogP) is 2.00. The van der Waals surface area contributed by atoms with Crippen LogP contribution in [0, 0.1) is 0 Å². The average Bonchev–Trinajstić information content (AvgIpc) is 3.00. The van der Waals surface area contributed by atoms with Crippen molar-refractivity contribution in [2.45, 2.75) is 31.9 Å². The van der Waals surface area contributed by atoms with Gasteiger partial charge in [-0.05, 0) is 31.9 Å². The number of benzene rings is 1. The molecule has 0 aliphatic carbocycles. The maximum absolute atomic E-state index is 12.3. The van der Waals surface area contributed by atoms with E-state index in [1.807, 2.05) is 6.92 Å². The summed E-state index contributed by atoms with van der Waals surface area (Å²) in [6.07, 6.45) is 2.14. The second-order valence-corrected chi connectivity index (χ2v) is 4.88. The van der Waals surface area contributed by atoms with E-state index in [-0.39, 0.29) is 18.1 Å². The molecule has 1 aliphatic rings. The summed E-state index contributed by atoms with van der Waals surface area (Å²) < 4.78 is 15.9. The minimum Gasteiger partial charge on any atom is -0.497 e. The fourth-order valence-corrected chi connectivity index (χ4v) is 2.36. The topological polar surface area (TPSA) is 56.8 Å². The number of carbonyl (C=O) groups excluding carboxylic acids is 1. The molecule has 20 heavy (non-hydrogen) atoms. The molecule has 0 saturated carbocycles. The van der Waals surface area contributed by atoms with Gasteiger partial charge in [-0.1, -0.05) is 0 Å². The van der Waals surface area contributed by atoms with Crippen molar-refractivity contribution < 1.29 is 19.0 Å². The van der Waals surface area contributed by atoms with Crippen molar-refractivity contribution in [1.82, 2.24) is 5.32 Å². The first-order valence-electron chi connectivity index (χ1n) is 6.80. The van der Waals surface area contributed by atoms with Crippen LogP contribution in [0.15, 0.2) is 18.2 Å². The van der Waals surface area contributed by atoms with Gasteiger partial charge in [-0.3, -0.25) is 4.79 Å². The van der Waals surface area contributed by atoms with Gasteiger partial charge in [0, 0.05) is 12.7 Å². The quantitative estimate of drug-likeness (QED) is 0.895. The highest BCUT2D eigenvalue weighted by atomic mass is 16.5. The Morgan fingerprint density at radius 3 is 2.80 bits per heavy atom. The lowest BCUT2D eigenvalue weighted by atomic mass is 10.1. The van der Waals surface area contributed by atoms with Gasteiger partial charge in [-0.25, -0.2) is 0 Å². The van der Waals surface area contributed by atoms with Crippen molar-refractivity contribution >= 4 is 5.91 Å². The minimum atomic E-state index is -0.160. The third kappa shape index (κ3) is 3.22. The van der Waals surface area contributed by atoms with E-state index >= 15 is 0 Å². The summed E-state index contributed by atoms with van der Waals surface area (Å²) >= 11 is 0. The largest absolute Gasteiger partial charge is 0.497 e. The van der Waals surface area contributed by atoms with E-state index in [0.29, 0.717) is 17.1 Å². The fourth-order valence-electron chi connectivity index (χ4n) is 2.36. The summed E-state index contributed by atoms with van der Waals surface area (Å²) in [4.78, 5) is 12.3. The summed E-state index contributed by atoms with van der Waals surface area (Å²) in [5.41, 5.74) is 0.498. The molecule has 5 nitrogen and oxygen atoms in total. The van der Waals surface area contributed by atoms with Crippen LogP contribution in [0.1, 0.15) is 30.1 Å². The van der Waals surface area contributed by atoms with Crippen molar-refractivity contribution in [2.24, 2.45) is 0 Å². The smallest absolute Gasteiger partial charge is 0.255 e. The molecule has 1 aliphatic heterocycles. The normalized spacial score (nSPS) is 19.4.